The van der Waals surface area contributed by atoms with Crippen molar-refractivity contribution in [1.82, 2.24) is 14.9 Å². The van der Waals surface area contributed by atoms with E-state index in [1.165, 1.54) is 0 Å². The van der Waals surface area contributed by atoms with E-state index in [0.29, 0.717) is 0 Å². The van der Waals surface area contributed by atoms with E-state index in [2.05, 4.69) is 14.9 Å². The van der Waals surface area contributed by atoms with Gasteiger partial charge in [-0.3, -0.25) is 4.90 Å². The Morgan fingerprint density at radius 3 is 2.50 bits per heavy atom. The zero-order valence-corrected chi connectivity index (χ0v) is 13.9. The lowest BCUT2D eigenvalue weighted by Gasteiger charge is -2.41. The van der Waals surface area contributed by atoms with Crippen LogP contribution in [0.15, 0.2) is 12.3 Å². The van der Waals surface area contributed by atoms with Crippen LogP contribution in [0.5, 0.6) is 0 Å². The highest BCUT2D eigenvalue weighted by Crippen LogP contribution is 2.33. The normalized spacial score (nSPS) is 24.5. The number of hydrogen-bond donors (Lipinski definition) is 0. The van der Waals surface area contributed by atoms with Crippen LogP contribution >= 0.6 is 11.6 Å². The Bertz CT molecular complexity index is 561. The molecule has 0 aliphatic carbocycles. The number of fused-ring (bicyclic) bond motifs is 2. The average Bonchev–Trinajstić information content (AvgIpc) is 2.68. The SMILES string of the molecule is CC(C)(C)OC(=O)N1[C@@H]2CC[C@H]1CN(c1ccnc(Cl)n1)C2. The molecule has 0 saturated carbocycles. The van der Waals surface area contributed by atoms with Crippen LogP contribution in [0.2, 0.25) is 5.28 Å². The summed E-state index contributed by atoms with van der Waals surface area (Å²) in [6.45, 7) is 7.19. The van der Waals surface area contributed by atoms with Crippen LogP contribution in [-0.4, -0.2) is 51.7 Å². The Hall–Kier alpha value is -1.56. The van der Waals surface area contributed by atoms with Crippen molar-refractivity contribution < 1.29 is 9.53 Å². The fourth-order valence-corrected chi connectivity index (χ4v) is 3.35. The molecule has 6 nitrogen and oxygen atoms in total. The minimum absolute atomic E-state index is 0.169. The number of rotatable bonds is 1. The Balaban J connectivity index is 1.73. The maximum absolute atomic E-state index is 12.4. The molecule has 3 heterocycles. The van der Waals surface area contributed by atoms with Crippen LogP contribution in [0.3, 0.4) is 0 Å². The van der Waals surface area contributed by atoms with E-state index in [0.717, 1.165) is 31.7 Å². The number of nitrogens with zero attached hydrogens (tertiary/aromatic N) is 4. The summed E-state index contributed by atoms with van der Waals surface area (Å²) in [6, 6.07) is 2.19. The van der Waals surface area contributed by atoms with Gasteiger partial charge in [-0.2, -0.15) is 0 Å². The predicted molar refractivity (Wildman–Crippen MR) is 84.1 cm³/mol. The highest BCUT2D eigenvalue weighted by atomic mass is 35.5. The number of halogens is 1. The van der Waals surface area contributed by atoms with Crippen LogP contribution in [0.1, 0.15) is 33.6 Å². The van der Waals surface area contributed by atoms with Crippen LogP contribution < -0.4 is 4.90 Å². The third-order valence-electron chi connectivity index (χ3n) is 4.02. The zero-order valence-electron chi connectivity index (χ0n) is 13.1. The standard InChI is InChI=1S/C15H21ClN4O2/c1-15(2,3)22-14(21)20-10-4-5-11(20)9-19(8-10)12-6-7-17-13(16)18-12/h6-7,10-11H,4-5,8-9H2,1-3H3/t10-,11+. The molecule has 0 spiro atoms. The van der Waals surface area contributed by atoms with Gasteiger partial charge in [0.25, 0.3) is 0 Å². The molecule has 2 saturated heterocycles. The maximum Gasteiger partial charge on any atom is 0.410 e. The molecule has 0 N–H and O–H groups in total. The number of carbonyl (C=O) groups is 1. The monoisotopic (exact) mass is 324 g/mol. The zero-order chi connectivity index (χ0) is 15.9. The van der Waals surface area contributed by atoms with Gasteiger partial charge in [0.15, 0.2) is 0 Å². The van der Waals surface area contributed by atoms with Gasteiger partial charge in [0.05, 0.1) is 12.1 Å². The van der Waals surface area contributed by atoms with E-state index in [1.54, 1.807) is 6.20 Å². The number of aromatic nitrogens is 2. The van der Waals surface area contributed by atoms with Crippen molar-refractivity contribution in [3.63, 3.8) is 0 Å². The van der Waals surface area contributed by atoms with Gasteiger partial charge in [0, 0.05) is 19.3 Å². The Morgan fingerprint density at radius 2 is 1.95 bits per heavy atom. The van der Waals surface area contributed by atoms with Gasteiger partial charge in [0.2, 0.25) is 5.28 Å². The molecule has 3 rings (SSSR count). The summed E-state index contributed by atoms with van der Waals surface area (Å²) in [4.78, 5) is 24.7. The summed E-state index contributed by atoms with van der Waals surface area (Å²) < 4.78 is 5.54. The molecule has 7 heteroatoms. The molecule has 0 aromatic carbocycles. The fourth-order valence-electron chi connectivity index (χ4n) is 3.20. The Labute approximate surface area is 135 Å². The first-order chi connectivity index (χ1) is 10.3. The molecule has 1 amide bonds. The van der Waals surface area contributed by atoms with Gasteiger partial charge in [0.1, 0.15) is 11.4 Å². The lowest BCUT2D eigenvalue weighted by Crippen LogP contribution is -2.57. The number of amides is 1. The second-order valence-corrected chi connectivity index (χ2v) is 7.20. The predicted octanol–water partition coefficient (Wildman–Crippen LogP) is 2.72. The van der Waals surface area contributed by atoms with Crippen molar-refractivity contribution in [2.75, 3.05) is 18.0 Å². The topological polar surface area (TPSA) is 58.6 Å². The van der Waals surface area contributed by atoms with Gasteiger partial charge in [-0.1, -0.05) is 0 Å². The van der Waals surface area contributed by atoms with Gasteiger partial charge in [-0.05, 0) is 51.3 Å². The molecule has 22 heavy (non-hydrogen) atoms. The first kappa shape index (κ1) is 15.3. The number of anilines is 1. The largest absolute Gasteiger partial charge is 0.444 e. The van der Waals surface area contributed by atoms with Gasteiger partial charge in [-0.25, -0.2) is 14.8 Å². The van der Waals surface area contributed by atoms with E-state index in [4.69, 9.17) is 16.3 Å². The summed E-state index contributed by atoms with van der Waals surface area (Å²) in [6.07, 6.45) is 3.45. The molecule has 1 aromatic heterocycles. The minimum Gasteiger partial charge on any atom is -0.444 e. The maximum atomic E-state index is 12.4. The van der Waals surface area contributed by atoms with Crippen LogP contribution in [0.4, 0.5) is 10.6 Å². The third kappa shape index (κ3) is 3.11. The number of piperazine rings is 1. The van der Waals surface area contributed by atoms with E-state index in [9.17, 15) is 4.79 Å². The van der Waals surface area contributed by atoms with E-state index < -0.39 is 5.60 Å². The van der Waals surface area contributed by atoms with Crippen molar-refractivity contribution in [3.8, 4) is 0 Å². The molecular formula is C15H21ClN4O2. The first-order valence-electron chi connectivity index (χ1n) is 7.58. The number of ether oxygens (including phenoxy) is 1. The average molecular weight is 325 g/mol. The molecule has 2 fully saturated rings. The molecule has 0 radical (unpaired) electrons. The molecule has 1 aromatic rings. The molecule has 120 valence electrons. The van der Waals surface area contributed by atoms with Crippen LogP contribution in [0, 0.1) is 0 Å². The quantitative estimate of drug-likeness (QED) is 0.743. The van der Waals surface area contributed by atoms with Crippen molar-refractivity contribution in [2.24, 2.45) is 0 Å². The highest BCUT2D eigenvalue weighted by molar-refractivity contribution is 6.28. The summed E-state index contributed by atoms with van der Waals surface area (Å²) in [5, 5.41) is 0.249. The molecular weight excluding hydrogens is 304 g/mol. The van der Waals surface area contributed by atoms with Gasteiger partial charge < -0.3 is 9.64 Å². The third-order valence-corrected chi connectivity index (χ3v) is 4.20. The highest BCUT2D eigenvalue weighted by Gasteiger charge is 2.44. The van der Waals surface area contributed by atoms with Crippen LogP contribution in [0.25, 0.3) is 0 Å². The second-order valence-electron chi connectivity index (χ2n) is 6.86. The lowest BCUT2D eigenvalue weighted by atomic mass is 10.2. The summed E-state index contributed by atoms with van der Waals surface area (Å²) >= 11 is 5.87. The van der Waals surface area contributed by atoms with E-state index in [1.807, 2.05) is 31.7 Å². The second kappa shape index (κ2) is 5.57. The summed E-state index contributed by atoms with van der Waals surface area (Å²) in [5.41, 5.74) is -0.464. The summed E-state index contributed by atoms with van der Waals surface area (Å²) in [5.74, 6) is 0.820. The summed E-state index contributed by atoms with van der Waals surface area (Å²) in [7, 11) is 0. The smallest absolute Gasteiger partial charge is 0.410 e. The van der Waals surface area contributed by atoms with Crippen molar-refractivity contribution in [3.05, 3.63) is 17.5 Å². The van der Waals surface area contributed by atoms with E-state index >= 15 is 0 Å². The first-order valence-corrected chi connectivity index (χ1v) is 7.96. The number of hydrogen-bond acceptors (Lipinski definition) is 5. The van der Waals surface area contributed by atoms with E-state index in [-0.39, 0.29) is 23.5 Å². The van der Waals surface area contributed by atoms with Crippen molar-refractivity contribution in [1.29, 1.82) is 0 Å². The fraction of sp³-hybridized carbons (Fsp3) is 0.667. The minimum atomic E-state index is -0.464. The molecule has 2 atom stereocenters. The molecule has 2 bridgehead atoms. The number of carbonyl (C=O) groups excluding carboxylic acids is 1. The van der Waals surface area contributed by atoms with Crippen molar-refractivity contribution in [2.45, 2.75) is 51.3 Å². The van der Waals surface area contributed by atoms with Crippen LogP contribution in [-0.2, 0) is 4.74 Å². The molecule has 2 aliphatic heterocycles. The van der Waals surface area contributed by atoms with Crippen molar-refractivity contribution >= 4 is 23.5 Å². The van der Waals surface area contributed by atoms with Gasteiger partial charge in [-0.15, -0.1) is 0 Å². The molecule has 0 unspecified atom stereocenters. The van der Waals surface area contributed by atoms with Gasteiger partial charge >= 0.3 is 6.09 Å². The Morgan fingerprint density at radius 1 is 1.32 bits per heavy atom. The lowest BCUT2D eigenvalue weighted by molar-refractivity contribution is 0.0122. The molecule has 2 aliphatic rings. The Kier molecular flexibility index (Phi) is 3.89.